The van der Waals surface area contributed by atoms with Crippen LogP contribution >= 0.6 is 11.3 Å². The Morgan fingerprint density at radius 1 is 0.780 bits per heavy atom. The molecule has 0 spiro atoms. The maximum absolute atomic E-state index is 8.67. The monoisotopic (exact) mass is 865 g/mol. The molecule has 0 fully saturated rings. The molecule has 1 radical (unpaired) electrons. The van der Waals surface area contributed by atoms with Crippen molar-refractivity contribution in [2.24, 2.45) is 10.8 Å². The Hall–Kier alpha value is -3.70. The number of pyridine rings is 2. The van der Waals surface area contributed by atoms with Crippen LogP contribution in [0, 0.1) is 29.8 Å². The van der Waals surface area contributed by atoms with E-state index in [0.29, 0.717) is 33.7 Å². The first-order chi connectivity index (χ1) is 25.8. The van der Waals surface area contributed by atoms with Crippen molar-refractivity contribution < 1.29 is 34.1 Å². The molecule has 0 atom stereocenters. The smallest absolute Gasteiger partial charge is 0.148 e. The minimum Gasteiger partial charge on any atom is -0.498 e. The number of hydrogen-bond acceptors (Lipinski definition) is 5. The van der Waals surface area contributed by atoms with Crippen molar-refractivity contribution in [2.75, 3.05) is 0 Å². The van der Waals surface area contributed by atoms with E-state index in [-0.39, 0.29) is 31.1 Å². The van der Waals surface area contributed by atoms with Crippen molar-refractivity contribution in [1.29, 1.82) is 0 Å². The number of aromatic nitrogens is 3. The molecule has 3 aromatic carbocycles. The molecule has 0 N–H and O–H groups in total. The summed E-state index contributed by atoms with van der Waals surface area (Å²) >= 11 is 1.70. The molecule has 4 heterocycles. The van der Waals surface area contributed by atoms with Crippen molar-refractivity contribution in [3.8, 4) is 22.5 Å². The Morgan fingerprint density at radius 2 is 1.52 bits per heavy atom. The van der Waals surface area contributed by atoms with Crippen LogP contribution in [0.15, 0.2) is 83.5 Å². The number of nitrogens with zero attached hydrogens (tertiary/aromatic N) is 3. The summed E-state index contributed by atoms with van der Waals surface area (Å²) in [5.41, 5.74) is 5.29. The van der Waals surface area contributed by atoms with Crippen LogP contribution in [0.25, 0.3) is 54.7 Å². The molecule has 0 saturated carbocycles. The first-order valence-corrected chi connectivity index (χ1v) is 17.3. The molecule has 7 aromatic rings. The number of furan rings is 1. The van der Waals surface area contributed by atoms with Gasteiger partial charge >= 0.3 is 0 Å². The van der Waals surface area contributed by atoms with E-state index < -0.39 is 30.4 Å². The van der Waals surface area contributed by atoms with Crippen molar-refractivity contribution in [3.05, 3.63) is 113 Å². The van der Waals surface area contributed by atoms with E-state index in [0.717, 1.165) is 37.1 Å². The topological polar surface area (TPSA) is 51.8 Å². The number of fused-ring (bicyclic) bond motifs is 5. The van der Waals surface area contributed by atoms with Crippen molar-refractivity contribution in [1.82, 2.24) is 15.0 Å². The van der Waals surface area contributed by atoms with Crippen molar-refractivity contribution in [2.45, 2.75) is 87.3 Å². The summed E-state index contributed by atoms with van der Waals surface area (Å²) in [5, 5.41) is 3.08. The molecule has 50 heavy (non-hydrogen) atoms. The van der Waals surface area contributed by atoms with Gasteiger partial charge in [-0.1, -0.05) is 110 Å². The van der Waals surface area contributed by atoms with Crippen LogP contribution < -0.4 is 0 Å². The molecule has 0 aliphatic rings. The largest absolute Gasteiger partial charge is 0.498 e. The van der Waals surface area contributed by atoms with Crippen LogP contribution in [0.3, 0.4) is 0 Å². The van der Waals surface area contributed by atoms with Gasteiger partial charge in [0.1, 0.15) is 11.1 Å². The van der Waals surface area contributed by atoms with Gasteiger partial charge in [0.05, 0.1) is 15.3 Å². The Morgan fingerprint density at radius 3 is 2.16 bits per heavy atom. The Labute approximate surface area is 325 Å². The molecule has 4 nitrogen and oxygen atoms in total. The van der Waals surface area contributed by atoms with E-state index in [1.807, 2.05) is 59.7 Å². The molecular weight excluding hydrogens is 811 g/mol. The molecule has 0 saturated heterocycles. The van der Waals surface area contributed by atoms with E-state index >= 15 is 0 Å². The number of thiazole rings is 1. The first kappa shape index (κ1) is 28.9. The SMILES string of the molecule is [2H]C([2H])([2H])c1c[c-]c(-c2ccc(C([2H])([2H])C(C)(C)C)cn2)cc1.[2H]C([2H])(c1ccnc(-c2[c-]ccc3c2oc2c3ccc3sc(C(C)(C)C)nc32)c1)C(C)(C)C.[Ir]. The predicted molar refractivity (Wildman–Crippen MR) is 207 cm³/mol. The Balaban J connectivity index is 0.000000229. The second-order valence-corrected chi connectivity index (χ2v) is 16.4. The summed E-state index contributed by atoms with van der Waals surface area (Å²) in [4.78, 5) is 13.8. The zero-order chi connectivity index (χ0) is 41.2. The quantitative estimate of drug-likeness (QED) is 0.165. The van der Waals surface area contributed by atoms with Crippen molar-refractivity contribution in [3.63, 3.8) is 0 Å². The molecular formula is C44H47IrN3OS-2. The third-order valence-corrected chi connectivity index (χ3v) is 8.95. The molecule has 0 aliphatic heterocycles. The van der Waals surface area contributed by atoms with Gasteiger partial charge in [0.2, 0.25) is 0 Å². The third-order valence-electron chi connectivity index (χ3n) is 7.51. The maximum atomic E-state index is 8.67. The van der Waals surface area contributed by atoms with E-state index in [4.69, 9.17) is 19.0 Å². The number of aryl methyl sites for hydroxylation is 1. The third kappa shape index (κ3) is 8.77. The predicted octanol–water partition coefficient (Wildman–Crippen LogP) is 12.4. The van der Waals surface area contributed by atoms with Gasteiger partial charge in [-0.3, -0.25) is 0 Å². The molecule has 0 unspecified atom stereocenters. The average Bonchev–Trinajstić information content (AvgIpc) is 3.73. The second kappa shape index (κ2) is 14.5. The van der Waals surface area contributed by atoms with Crippen LogP contribution in [0.5, 0.6) is 0 Å². The van der Waals surface area contributed by atoms with E-state index in [2.05, 4.69) is 55.0 Å². The van der Waals surface area contributed by atoms with Crippen LogP contribution in [-0.2, 0) is 38.3 Å². The summed E-state index contributed by atoms with van der Waals surface area (Å²) in [6.45, 7) is 15.6. The number of benzene rings is 3. The molecule has 0 bridgehead atoms. The normalized spacial score (nSPS) is 15.1. The molecule has 0 amide bonds. The first-order valence-electron chi connectivity index (χ1n) is 19.9. The summed E-state index contributed by atoms with van der Waals surface area (Å²) in [5.74, 6) is 0. The van der Waals surface area contributed by atoms with E-state index in [1.54, 1.807) is 47.9 Å². The van der Waals surface area contributed by atoms with Crippen LogP contribution in [0.2, 0.25) is 0 Å². The van der Waals surface area contributed by atoms with Gasteiger partial charge in [-0.2, -0.15) is 0 Å². The summed E-state index contributed by atoms with van der Waals surface area (Å²) in [6, 6.07) is 26.0. The fraction of sp³-hybridized carbons (Fsp3) is 0.341. The average molecular weight is 865 g/mol. The minimum atomic E-state index is -2.14. The number of rotatable bonds is 4. The molecule has 7 rings (SSSR count). The van der Waals surface area contributed by atoms with E-state index in [9.17, 15) is 0 Å². The molecule has 4 aromatic heterocycles. The van der Waals surface area contributed by atoms with E-state index in [1.165, 1.54) is 12.3 Å². The molecule has 6 heteroatoms. The minimum absolute atomic E-state index is 0. The summed E-state index contributed by atoms with van der Waals surface area (Å²) < 4.78 is 63.5. The molecule has 0 aliphatic carbocycles. The van der Waals surface area contributed by atoms with Gasteiger partial charge in [0.25, 0.3) is 0 Å². The zero-order valence-electron chi connectivity index (χ0n) is 37.0. The Kier molecular flexibility index (Phi) is 8.39. The molecule has 261 valence electrons. The fourth-order valence-electron chi connectivity index (χ4n) is 5.42. The van der Waals surface area contributed by atoms with Gasteiger partial charge in [-0.05, 0) is 52.7 Å². The number of hydrogen-bond donors (Lipinski definition) is 0. The summed E-state index contributed by atoms with van der Waals surface area (Å²) in [6.07, 6.45) is 0.194. The maximum Gasteiger partial charge on any atom is 0.148 e. The summed E-state index contributed by atoms with van der Waals surface area (Å²) in [7, 11) is 0. The zero-order valence-corrected chi connectivity index (χ0v) is 33.2. The Bertz CT molecular complexity index is 2520. The van der Waals surface area contributed by atoms with Gasteiger partial charge in [-0.25, -0.2) is 4.98 Å². The van der Waals surface area contributed by atoms with Crippen LogP contribution in [0.1, 0.15) is 93.6 Å². The van der Waals surface area contributed by atoms with Crippen molar-refractivity contribution >= 4 is 43.5 Å². The van der Waals surface area contributed by atoms with Gasteiger partial charge in [-0.15, -0.1) is 64.9 Å². The standard InChI is InChI=1S/C27H27N2OS.C17H20N.Ir/c1-26(2,3)15-16-12-13-28-20(14-16)19-9-7-8-17-18-10-11-21-22(24(18)30-23(17)19)29-25(31-21)27(4,5)6;1-13-5-8-15(9-6-13)16-10-7-14(12-18-16)11-17(2,3)4;/h7-8,10-14H,15H2,1-6H3;5-8,10,12H,11H2,1-4H3;/q2*-1;/i15D2;1D3,11D2;. The second-order valence-electron chi connectivity index (χ2n) is 15.4. The fourth-order valence-corrected chi connectivity index (χ4v) is 6.45. The van der Waals surface area contributed by atoms with Gasteiger partial charge < -0.3 is 14.4 Å². The van der Waals surface area contributed by atoms with Gasteiger partial charge in [0, 0.05) is 52.9 Å². The van der Waals surface area contributed by atoms with Crippen LogP contribution in [-0.4, -0.2) is 15.0 Å². The van der Waals surface area contributed by atoms with Gasteiger partial charge in [0.15, 0.2) is 0 Å². The van der Waals surface area contributed by atoms with Crippen LogP contribution in [0.4, 0.5) is 0 Å².